The van der Waals surface area contributed by atoms with Crippen molar-refractivity contribution in [3.8, 4) is 6.07 Å². The molecule has 0 aliphatic carbocycles. The lowest BCUT2D eigenvalue weighted by atomic mass is 10.2. The largest absolute Gasteiger partial charge is 0.444 e. The fourth-order valence-electron chi connectivity index (χ4n) is 1.43. The summed E-state index contributed by atoms with van der Waals surface area (Å²) in [4.78, 5) is 13.9. The van der Waals surface area contributed by atoms with Gasteiger partial charge in [-0.25, -0.2) is 4.79 Å². The first-order valence-electron chi connectivity index (χ1n) is 5.60. The first-order valence-corrected chi connectivity index (χ1v) is 7.36. The van der Waals surface area contributed by atoms with Crippen LogP contribution in [0.5, 0.6) is 0 Å². The van der Waals surface area contributed by atoms with Crippen LogP contribution in [0.3, 0.4) is 0 Å². The van der Waals surface area contributed by atoms with E-state index in [1.807, 2.05) is 41.1 Å². The fraction of sp³-hybridized carbons (Fsp3) is 0.143. The third-order valence-electron chi connectivity index (χ3n) is 2.30. The molecule has 2 rings (SSSR count). The zero-order valence-electron chi connectivity index (χ0n) is 10.2. The molecular weight excluding hydrogens is 278 g/mol. The molecule has 0 amide bonds. The third kappa shape index (κ3) is 3.53. The minimum atomic E-state index is -0.751. The van der Waals surface area contributed by atoms with Crippen molar-refractivity contribution in [3.63, 3.8) is 0 Å². The maximum Gasteiger partial charge on any atom is 0.340 e. The quantitative estimate of drug-likeness (QED) is 0.635. The van der Waals surface area contributed by atoms with Gasteiger partial charge in [0.1, 0.15) is 6.07 Å². The second-order valence-corrected chi connectivity index (χ2v) is 5.65. The van der Waals surface area contributed by atoms with Gasteiger partial charge in [-0.15, -0.1) is 22.7 Å². The summed E-state index contributed by atoms with van der Waals surface area (Å²) in [5.74, 6) is -0.468. The van der Waals surface area contributed by atoms with Crippen LogP contribution in [0, 0.1) is 11.3 Å². The highest BCUT2D eigenvalue weighted by molar-refractivity contribution is 7.12. The number of rotatable bonds is 4. The Morgan fingerprint density at radius 2 is 2.11 bits per heavy atom. The Balaban J connectivity index is 2.31. The molecule has 0 fully saturated rings. The molecule has 1 atom stereocenters. The lowest BCUT2D eigenvalue weighted by Gasteiger charge is -2.08. The van der Waals surface area contributed by atoms with Gasteiger partial charge in [0.25, 0.3) is 0 Å². The Morgan fingerprint density at radius 1 is 1.37 bits per heavy atom. The van der Waals surface area contributed by atoms with Gasteiger partial charge in [0, 0.05) is 9.75 Å². The number of hydrogen-bond donors (Lipinski definition) is 0. The van der Waals surface area contributed by atoms with E-state index in [4.69, 9.17) is 10.00 Å². The van der Waals surface area contributed by atoms with E-state index >= 15 is 0 Å². The molecule has 96 valence electrons. The van der Waals surface area contributed by atoms with Crippen molar-refractivity contribution in [1.82, 2.24) is 0 Å². The molecule has 2 aromatic heterocycles. The molecule has 2 aromatic rings. The van der Waals surface area contributed by atoms with Gasteiger partial charge in [-0.2, -0.15) is 5.26 Å². The fourth-order valence-corrected chi connectivity index (χ4v) is 2.82. The predicted octanol–water partition coefficient (Wildman–Crippen LogP) is 3.81. The van der Waals surface area contributed by atoms with E-state index < -0.39 is 12.1 Å². The average molecular weight is 289 g/mol. The van der Waals surface area contributed by atoms with Gasteiger partial charge >= 0.3 is 5.97 Å². The molecule has 0 radical (unpaired) electrons. The first-order chi connectivity index (χ1) is 9.20. The van der Waals surface area contributed by atoms with Gasteiger partial charge in [-0.1, -0.05) is 12.1 Å². The van der Waals surface area contributed by atoms with Gasteiger partial charge in [0.15, 0.2) is 6.10 Å². The summed E-state index contributed by atoms with van der Waals surface area (Å²) in [7, 11) is 0. The number of ether oxygens (including phenoxy) is 1. The Kier molecular flexibility index (Phi) is 4.50. The topological polar surface area (TPSA) is 50.1 Å². The summed E-state index contributed by atoms with van der Waals surface area (Å²) >= 11 is 3.01. The molecular formula is C14H11NO2S2. The molecule has 5 heteroatoms. The number of esters is 1. The Morgan fingerprint density at radius 3 is 2.68 bits per heavy atom. The van der Waals surface area contributed by atoms with Crippen molar-refractivity contribution in [1.29, 1.82) is 5.26 Å². The Labute approximate surface area is 119 Å². The summed E-state index contributed by atoms with van der Waals surface area (Å²) in [6.07, 6.45) is 1.04. The van der Waals surface area contributed by atoms with Crippen LogP contribution >= 0.6 is 22.7 Å². The van der Waals surface area contributed by atoms with Gasteiger partial charge in [-0.3, -0.25) is 0 Å². The Bertz CT molecular complexity index is 606. The molecule has 0 aliphatic rings. The molecule has 0 unspecified atom stereocenters. The maximum absolute atomic E-state index is 12.1. The van der Waals surface area contributed by atoms with Crippen molar-refractivity contribution in [2.24, 2.45) is 0 Å². The van der Waals surface area contributed by atoms with E-state index in [-0.39, 0.29) is 0 Å². The SMILES string of the molecule is C[C@H](C#N)OC(=O)/C(=C/c1cccs1)c1cccs1. The van der Waals surface area contributed by atoms with E-state index in [0.29, 0.717) is 5.57 Å². The van der Waals surface area contributed by atoms with Crippen LogP contribution in [0.15, 0.2) is 35.0 Å². The highest BCUT2D eigenvalue weighted by Gasteiger charge is 2.17. The third-order valence-corrected chi connectivity index (χ3v) is 4.02. The molecule has 0 aromatic carbocycles. The maximum atomic E-state index is 12.1. The average Bonchev–Trinajstić information content (AvgIpc) is 3.08. The number of hydrogen-bond acceptors (Lipinski definition) is 5. The van der Waals surface area contributed by atoms with E-state index in [1.54, 1.807) is 24.3 Å². The van der Waals surface area contributed by atoms with Crippen LogP contribution in [-0.2, 0) is 9.53 Å². The minimum absolute atomic E-state index is 0.468. The smallest absolute Gasteiger partial charge is 0.340 e. The van der Waals surface area contributed by atoms with Crippen molar-refractivity contribution in [3.05, 3.63) is 44.8 Å². The number of nitriles is 1. The zero-order valence-corrected chi connectivity index (χ0v) is 11.8. The highest BCUT2D eigenvalue weighted by atomic mass is 32.1. The summed E-state index contributed by atoms with van der Waals surface area (Å²) in [6.45, 7) is 1.55. The molecule has 0 saturated carbocycles. The van der Waals surface area contributed by atoms with Gasteiger partial charge in [0.2, 0.25) is 0 Å². The Hall–Kier alpha value is -1.90. The zero-order chi connectivity index (χ0) is 13.7. The lowest BCUT2D eigenvalue weighted by molar-refractivity contribution is -0.138. The summed E-state index contributed by atoms with van der Waals surface area (Å²) in [5.41, 5.74) is 0.486. The van der Waals surface area contributed by atoms with Crippen molar-refractivity contribution in [2.45, 2.75) is 13.0 Å². The van der Waals surface area contributed by atoms with Crippen LogP contribution < -0.4 is 0 Å². The minimum Gasteiger partial charge on any atom is -0.444 e. The normalized spacial score (nSPS) is 12.7. The van der Waals surface area contributed by atoms with Gasteiger partial charge < -0.3 is 4.74 Å². The van der Waals surface area contributed by atoms with Crippen LogP contribution in [0.25, 0.3) is 11.6 Å². The van der Waals surface area contributed by atoms with Crippen LogP contribution in [-0.4, -0.2) is 12.1 Å². The molecule has 3 nitrogen and oxygen atoms in total. The second kappa shape index (κ2) is 6.32. The van der Waals surface area contributed by atoms with E-state index in [0.717, 1.165) is 9.75 Å². The number of nitrogens with zero attached hydrogens (tertiary/aromatic N) is 1. The van der Waals surface area contributed by atoms with Gasteiger partial charge in [-0.05, 0) is 35.9 Å². The van der Waals surface area contributed by atoms with Crippen LogP contribution in [0.1, 0.15) is 16.7 Å². The highest BCUT2D eigenvalue weighted by Crippen LogP contribution is 2.26. The van der Waals surface area contributed by atoms with E-state index in [2.05, 4.69) is 0 Å². The first kappa shape index (κ1) is 13.5. The van der Waals surface area contributed by atoms with Crippen LogP contribution in [0.2, 0.25) is 0 Å². The van der Waals surface area contributed by atoms with Gasteiger partial charge in [0.05, 0.1) is 5.57 Å². The summed E-state index contributed by atoms with van der Waals surface area (Å²) < 4.78 is 5.08. The molecule has 2 heterocycles. The number of carbonyl (C=O) groups excluding carboxylic acids is 1. The summed E-state index contributed by atoms with van der Waals surface area (Å²) in [6, 6.07) is 9.48. The molecule has 0 bridgehead atoms. The second-order valence-electron chi connectivity index (χ2n) is 3.73. The number of thiophene rings is 2. The number of carbonyl (C=O) groups is 1. The van der Waals surface area contributed by atoms with E-state index in [9.17, 15) is 4.79 Å². The molecule has 0 aliphatic heterocycles. The predicted molar refractivity (Wildman–Crippen MR) is 77.7 cm³/mol. The molecule has 19 heavy (non-hydrogen) atoms. The standard InChI is InChI=1S/C14H11NO2S2/c1-10(9-15)17-14(16)12(13-5-3-7-19-13)8-11-4-2-6-18-11/h2-8,10H,1H3/b12-8+/t10-/m1/s1. The molecule has 0 saturated heterocycles. The van der Waals surface area contributed by atoms with E-state index in [1.165, 1.54) is 11.3 Å². The molecule has 0 N–H and O–H groups in total. The van der Waals surface area contributed by atoms with Crippen molar-refractivity contribution < 1.29 is 9.53 Å². The van der Waals surface area contributed by atoms with Crippen molar-refractivity contribution >= 4 is 40.3 Å². The van der Waals surface area contributed by atoms with Crippen molar-refractivity contribution in [2.75, 3.05) is 0 Å². The molecule has 0 spiro atoms. The summed E-state index contributed by atoms with van der Waals surface area (Å²) in [5, 5.41) is 12.6. The van der Waals surface area contributed by atoms with Crippen LogP contribution in [0.4, 0.5) is 0 Å². The monoisotopic (exact) mass is 289 g/mol. The lowest BCUT2D eigenvalue weighted by Crippen LogP contribution is -2.13.